The van der Waals surface area contributed by atoms with E-state index in [2.05, 4.69) is 38.2 Å². The molecule has 3 rings (SSSR count). The van der Waals surface area contributed by atoms with E-state index in [1.807, 2.05) is 0 Å². The minimum absolute atomic E-state index is 0.0624. The predicted molar refractivity (Wildman–Crippen MR) is 75.7 cm³/mol. The first-order valence-corrected chi connectivity index (χ1v) is 7.26. The van der Waals surface area contributed by atoms with Gasteiger partial charge in [-0.05, 0) is 44.5 Å². The van der Waals surface area contributed by atoms with Crippen LogP contribution >= 0.6 is 0 Å². The van der Waals surface area contributed by atoms with Gasteiger partial charge >= 0.3 is 0 Å². The van der Waals surface area contributed by atoms with E-state index in [4.69, 9.17) is 9.47 Å². The third-order valence-corrected chi connectivity index (χ3v) is 4.27. The Labute approximate surface area is 115 Å². The molecule has 0 aromatic heterocycles. The molecule has 0 radical (unpaired) electrons. The number of ether oxygens (including phenoxy) is 2. The smallest absolute Gasteiger partial charge is 0.126 e. The lowest BCUT2D eigenvalue weighted by Gasteiger charge is -2.40. The maximum atomic E-state index is 6.38. The van der Waals surface area contributed by atoms with Crippen LogP contribution in [0.4, 0.5) is 0 Å². The molecule has 3 heteroatoms. The van der Waals surface area contributed by atoms with Crippen LogP contribution in [0.5, 0.6) is 5.75 Å². The van der Waals surface area contributed by atoms with E-state index in [1.54, 1.807) is 0 Å². The standard InChI is InChI=1S/C16H23NO2/c1-4-18-14-9-16(5-6-17-10-16)19-13-8-11(2)7-12(3)15(13)14/h7-8,14,17H,4-6,9-10H2,1-3H3. The summed E-state index contributed by atoms with van der Waals surface area (Å²) in [7, 11) is 0. The van der Waals surface area contributed by atoms with Crippen molar-refractivity contribution in [1.82, 2.24) is 5.32 Å². The van der Waals surface area contributed by atoms with Crippen LogP contribution in [0.3, 0.4) is 0 Å². The first-order chi connectivity index (χ1) is 9.13. The maximum absolute atomic E-state index is 6.38. The number of benzene rings is 1. The van der Waals surface area contributed by atoms with Gasteiger partial charge in [0.05, 0.1) is 6.10 Å². The molecule has 0 aliphatic carbocycles. The van der Waals surface area contributed by atoms with Gasteiger partial charge in [0, 0.05) is 31.6 Å². The van der Waals surface area contributed by atoms with E-state index in [0.717, 1.165) is 38.3 Å². The van der Waals surface area contributed by atoms with E-state index < -0.39 is 0 Å². The highest BCUT2D eigenvalue weighted by Gasteiger charge is 2.44. The van der Waals surface area contributed by atoms with Crippen LogP contribution < -0.4 is 10.1 Å². The number of aryl methyl sites for hydroxylation is 2. The van der Waals surface area contributed by atoms with Crippen LogP contribution in [0.25, 0.3) is 0 Å². The summed E-state index contributed by atoms with van der Waals surface area (Å²) in [4.78, 5) is 0. The second-order valence-electron chi connectivity index (χ2n) is 5.85. The van der Waals surface area contributed by atoms with Crippen molar-refractivity contribution in [2.75, 3.05) is 19.7 Å². The molecule has 0 amide bonds. The highest BCUT2D eigenvalue weighted by atomic mass is 16.5. The zero-order chi connectivity index (χ0) is 13.5. The maximum Gasteiger partial charge on any atom is 0.126 e. The van der Waals surface area contributed by atoms with Gasteiger partial charge in [-0.3, -0.25) is 0 Å². The quantitative estimate of drug-likeness (QED) is 0.888. The zero-order valence-electron chi connectivity index (χ0n) is 12.1. The highest BCUT2D eigenvalue weighted by molar-refractivity contribution is 5.46. The molecule has 1 spiro atoms. The first kappa shape index (κ1) is 12.9. The summed E-state index contributed by atoms with van der Waals surface area (Å²) >= 11 is 0. The molecular weight excluding hydrogens is 238 g/mol. The fraction of sp³-hybridized carbons (Fsp3) is 0.625. The molecule has 0 bridgehead atoms. The highest BCUT2D eigenvalue weighted by Crippen LogP contribution is 2.45. The van der Waals surface area contributed by atoms with Gasteiger partial charge in [-0.15, -0.1) is 0 Å². The van der Waals surface area contributed by atoms with Crippen molar-refractivity contribution in [2.24, 2.45) is 0 Å². The van der Waals surface area contributed by atoms with Gasteiger partial charge in [-0.2, -0.15) is 0 Å². The first-order valence-electron chi connectivity index (χ1n) is 7.26. The minimum atomic E-state index is -0.0624. The number of hydrogen-bond acceptors (Lipinski definition) is 3. The Morgan fingerprint density at radius 2 is 2.26 bits per heavy atom. The van der Waals surface area contributed by atoms with Crippen molar-refractivity contribution in [3.63, 3.8) is 0 Å². The number of rotatable bonds is 2. The van der Waals surface area contributed by atoms with Crippen molar-refractivity contribution in [1.29, 1.82) is 0 Å². The number of nitrogens with one attached hydrogen (secondary N) is 1. The Hall–Kier alpha value is -1.06. The molecule has 2 heterocycles. The van der Waals surface area contributed by atoms with Gasteiger partial charge in [-0.1, -0.05) is 6.07 Å². The predicted octanol–water partition coefficient (Wildman–Crippen LogP) is 2.90. The summed E-state index contributed by atoms with van der Waals surface area (Å²) in [5, 5.41) is 3.42. The molecule has 2 aliphatic rings. The minimum Gasteiger partial charge on any atom is -0.485 e. The molecular formula is C16H23NO2. The molecule has 19 heavy (non-hydrogen) atoms. The van der Waals surface area contributed by atoms with Crippen LogP contribution in [0, 0.1) is 13.8 Å². The van der Waals surface area contributed by atoms with Crippen LogP contribution in [-0.2, 0) is 4.74 Å². The Kier molecular flexibility index (Phi) is 3.27. The Bertz CT molecular complexity index is 478. The molecule has 3 nitrogen and oxygen atoms in total. The van der Waals surface area contributed by atoms with Gasteiger partial charge < -0.3 is 14.8 Å². The van der Waals surface area contributed by atoms with Crippen LogP contribution in [-0.4, -0.2) is 25.3 Å². The van der Waals surface area contributed by atoms with Crippen molar-refractivity contribution < 1.29 is 9.47 Å². The van der Waals surface area contributed by atoms with Crippen molar-refractivity contribution >= 4 is 0 Å². The molecule has 1 aromatic rings. The fourth-order valence-corrected chi connectivity index (χ4v) is 3.48. The van der Waals surface area contributed by atoms with Crippen molar-refractivity contribution in [3.05, 3.63) is 28.8 Å². The van der Waals surface area contributed by atoms with Gasteiger partial charge in [0.25, 0.3) is 0 Å². The van der Waals surface area contributed by atoms with Crippen LogP contribution in [0.1, 0.15) is 42.6 Å². The number of hydrogen-bond donors (Lipinski definition) is 1. The van der Waals surface area contributed by atoms with Crippen LogP contribution in [0.15, 0.2) is 12.1 Å². The second kappa shape index (κ2) is 4.80. The van der Waals surface area contributed by atoms with Gasteiger partial charge in [0.15, 0.2) is 0 Å². The Morgan fingerprint density at radius 1 is 1.42 bits per heavy atom. The average molecular weight is 261 g/mol. The summed E-state index contributed by atoms with van der Waals surface area (Å²) in [6.45, 7) is 9.08. The lowest BCUT2D eigenvalue weighted by atomic mass is 9.85. The van der Waals surface area contributed by atoms with E-state index >= 15 is 0 Å². The van der Waals surface area contributed by atoms with E-state index in [9.17, 15) is 0 Å². The van der Waals surface area contributed by atoms with E-state index in [1.165, 1.54) is 16.7 Å². The topological polar surface area (TPSA) is 30.5 Å². The molecule has 1 saturated heterocycles. The Balaban J connectivity index is 2.03. The third kappa shape index (κ3) is 2.26. The Morgan fingerprint density at radius 3 is 2.95 bits per heavy atom. The summed E-state index contributed by atoms with van der Waals surface area (Å²) in [6.07, 6.45) is 2.21. The normalized spacial score (nSPS) is 29.3. The summed E-state index contributed by atoms with van der Waals surface area (Å²) in [5.74, 6) is 1.03. The lowest BCUT2D eigenvalue weighted by molar-refractivity contribution is -0.0357. The summed E-state index contributed by atoms with van der Waals surface area (Å²) in [6, 6.07) is 4.38. The van der Waals surface area contributed by atoms with E-state index in [0.29, 0.717) is 0 Å². The molecule has 0 saturated carbocycles. The largest absolute Gasteiger partial charge is 0.485 e. The van der Waals surface area contributed by atoms with Gasteiger partial charge in [0.1, 0.15) is 11.4 Å². The lowest BCUT2D eigenvalue weighted by Crippen LogP contribution is -2.43. The summed E-state index contributed by atoms with van der Waals surface area (Å²) in [5.41, 5.74) is 3.74. The summed E-state index contributed by atoms with van der Waals surface area (Å²) < 4.78 is 12.4. The number of fused-ring (bicyclic) bond motifs is 1. The zero-order valence-corrected chi connectivity index (χ0v) is 12.1. The average Bonchev–Trinajstić information content (AvgIpc) is 2.76. The van der Waals surface area contributed by atoms with Gasteiger partial charge in [0.2, 0.25) is 0 Å². The van der Waals surface area contributed by atoms with Crippen molar-refractivity contribution in [3.8, 4) is 5.75 Å². The molecule has 1 aromatic carbocycles. The molecule has 1 N–H and O–H groups in total. The van der Waals surface area contributed by atoms with Crippen molar-refractivity contribution in [2.45, 2.75) is 45.3 Å². The molecule has 1 fully saturated rings. The molecule has 2 aliphatic heterocycles. The van der Waals surface area contributed by atoms with Crippen LogP contribution in [0.2, 0.25) is 0 Å². The van der Waals surface area contributed by atoms with E-state index in [-0.39, 0.29) is 11.7 Å². The third-order valence-electron chi connectivity index (χ3n) is 4.27. The SMILES string of the molecule is CCOC1CC2(CCNC2)Oc2cc(C)cc(C)c21. The second-order valence-corrected chi connectivity index (χ2v) is 5.85. The molecule has 2 unspecified atom stereocenters. The van der Waals surface area contributed by atoms with Gasteiger partial charge in [-0.25, -0.2) is 0 Å². The monoisotopic (exact) mass is 261 g/mol. The fourth-order valence-electron chi connectivity index (χ4n) is 3.48. The molecule has 104 valence electrons. The molecule has 2 atom stereocenters.